The molecule has 82 valence electrons. The van der Waals surface area contributed by atoms with Gasteiger partial charge in [-0.15, -0.1) is 0 Å². The smallest absolute Gasteiger partial charge is 0.326 e. The second-order valence-electron chi connectivity index (χ2n) is 3.76. The Morgan fingerprint density at radius 3 is 2.80 bits per heavy atom. The van der Waals surface area contributed by atoms with Crippen molar-refractivity contribution in [3.8, 4) is 0 Å². The Labute approximate surface area is 88.6 Å². The first-order valence-corrected chi connectivity index (χ1v) is 4.85. The predicted molar refractivity (Wildman–Crippen MR) is 56.5 cm³/mol. The first-order chi connectivity index (χ1) is 7.09. The second-order valence-corrected chi connectivity index (χ2v) is 3.76. The second kappa shape index (κ2) is 5.29. The number of hydrogen-bond acceptors (Lipinski definition) is 4. The van der Waals surface area contributed by atoms with Crippen molar-refractivity contribution in [3.05, 3.63) is 18.6 Å². The van der Waals surface area contributed by atoms with E-state index in [4.69, 9.17) is 5.11 Å². The summed E-state index contributed by atoms with van der Waals surface area (Å²) in [5.74, 6) is 0.000740. The molecule has 1 rings (SSSR count). The Bertz CT molecular complexity index is 314. The highest BCUT2D eigenvalue weighted by molar-refractivity contribution is 5.76. The van der Waals surface area contributed by atoms with Crippen LogP contribution in [0.5, 0.6) is 0 Å². The normalized spacial score (nSPS) is 12.5. The quantitative estimate of drug-likeness (QED) is 0.766. The van der Waals surface area contributed by atoms with E-state index in [-0.39, 0.29) is 0 Å². The highest BCUT2D eigenvalue weighted by Gasteiger charge is 2.18. The number of anilines is 1. The van der Waals surface area contributed by atoms with Gasteiger partial charge in [-0.1, -0.05) is 13.8 Å². The number of rotatable bonds is 5. The van der Waals surface area contributed by atoms with Crippen LogP contribution in [0.2, 0.25) is 0 Å². The van der Waals surface area contributed by atoms with Gasteiger partial charge in [0.2, 0.25) is 0 Å². The predicted octanol–water partition coefficient (Wildman–Crippen LogP) is 1.39. The topological polar surface area (TPSA) is 75.1 Å². The summed E-state index contributed by atoms with van der Waals surface area (Å²) >= 11 is 0. The third kappa shape index (κ3) is 3.93. The molecule has 0 amide bonds. The molecule has 0 saturated heterocycles. The van der Waals surface area contributed by atoms with Gasteiger partial charge in [-0.25, -0.2) is 14.8 Å². The molecule has 5 heteroatoms. The van der Waals surface area contributed by atoms with Gasteiger partial charge >= 0.3 is 5.97 Å². The number of nitrogens with one attached hydrogen (secondary N) is 1. The van der Waals surface area contributed by atoms with E-state index >= 15 is 0 Å². The molecule has 0 fully saturated rings. The van der Waals surface area contributed by atoms with Gasteiger partial charge in [0.1, 0.15) is 18.2 Å². The minimum Gasteiger partial charge on any atom is -0.480 e. The Morgan fingerprint density at radius 2 is 2.33 bits per heavy atom. The molecule has 1 aromatic rings. The minimum absolute atomic E-state index is 0.320. The highest BCUT2D eigenvalue weighted by atomic mass is 16.4. The van der Waals surface area contributed by atoms with Gasteiger partial charge < -0.3 is 10.4 Å². The van der Waals surface area contributed by atoms with Crippen molar-refractivity contribution in [2.75, 3.05) is 5.32 Å². The van der Waals surface area contributed by atoms with Crippen molar-refractivity contribution >= 4 is 11.8 Å². The van der Waals surface area contributed by atoms with Crippen LogP contribution in [0.15, 0.2) is 18.6 Å². The Hall–Kier alpha value is -1.65. The van der Waals surface area contributed by atoms with Gasteiger partial charge in [0.25, 0.3) is 0 Å². The lowest BCUT2D eigenvalue weighted by molar-refractivity contribution is -0.138. The zero-order chi connectivity index (χ0) is 11.3. The van der Waals surface area contributed by atoms with Crippen molar-refractivity contribution in [1.29, 1.82) is 0 Å². The molecular weight excluding hydrogens is 194 g/mol. The largest absolute Gasteiger partial charge is 0.480 e. The standard InChI is InChI=1S/C10H15N3O2/c1-7(2)5-8(10(14)15)13-9-3-4-11-6-12-9/h3-4,6-8H,5H2,1-2H3,(H,14,15)(H,11,12,13)/t8-/m0/s1. The summed E-state index contributed by atoms with van der Waals surface area (Å²) in [4.78, 5) is 18.6. The lowest BCUT2D eigenvalue weighted by atomic mass is 10.0. The van der Waals surface area contributed by atoms with Gasteiger partial charge in [-0.3, -0.25) is 0 Å². The van der Waals surface area contributed by atoms with E-state index in [1.165, 1.54) is 6.33 Å². The number of carbonyl (C=O) groups is 1. The lowest BCUT2D eigenvalue weighted by Gasteiger charge is -2.16. The number of aromatic nitrogens is 2. The number of carboxylic acids is 1. The van der Waals surface area contributed by atoms with Crippen LogP contribution in [-0.4, -0.2) is 27.1 Å². The fraction of sp³-hybridized carbons (Fsp3) is 0.500. The summed E-state index contributed by atoms with van der Waals surface area (Å²) < 4.78 is 0. The first kappa shape index (κ1) is 11.4. The van der Waals surface area contributed by atoms with Crippen LogP contribution in [0.3, 0.4) is 0 Å². The molecule has 1 aromatic heterocycles. The van der Waals surface area contributed by atoms with E-state index in [2.05, 4.69) is 15.3 Å². The van der Waals surface area contributed by atoms with Crippen LogP contribution in [0.1, 0.15) is 20.3 Å². The van der Waals surface area contributed by atoms with Gasteiger partial charge in [-0.05, 0) is 18.4 Å². The first-order valence-electron chi connectivity index (χ1n) is 4.85. The SMILES string of the molecule is CC(C)C[C@H](Nc1ccncn1)C(=O)O. The molecule has 0 aliphatic carbocycles. The maximum Gasteiger partial charge on any atom is 0.326 e. The van der Waals surface area contributed by atoms with Crippen LogP contribution < -0.4 is 5.32 Å². The zero-order valence-electron chi connectivity index (χ0n) is 8.84. The monoisotopic (exact) mass is 209 g/mol. The maximum atomic E-state index is 10.9. The van der Waals surface area contributed by atoms with E-state index in [1.54, 1.807) is 12.3 Å². The van der Waals surface area contributed by atoms with Crippen molar-refractivity contribution < 1.29 is 9.90 Å². The molecule has 0 saturated carbocycles. The molecule has 1 heterocycles. The number of nitrogens with zero attached hydrogens (tertiary/aromatic N) is 2. The van der Waals surface area contributed by atoms with Crippen LogP contribution in [0.25, 0.3) is 0 Å². The molecule has 2 N–H and O–H groups in total. The van der Waals surface area contributed by atoms with Crippen molar-refractivity contribution in [3.63, 3.8) is 0 Å². The van der Waals surface area contributed by atoms with E-state index in [9.17, 15) is 4.79 Å². The summed E-state index contributed by atoms with van der Waals surface area (Å²) in [7, 11) is 0. The Morgan fingerprint density at radius 1 is 1.60 bits per heavy atom. The lowest BCUT2D eigenvalue weighted by Crippen LogP contribution is -2.31. The van der Waals surface area contributed by atoms with Crippen molar-refractivity contribution in [1.82, 2.24) is 9.97 Å². The van der Waals surface area contributed by atoms with Gasteiger partial charge in [-0.2, -0.15) is 0 Å². The summed E-state index contributed by atoms with van der Waals surface area (Å²) in [5, 5.41) is 11.8. The average Bonchev–Trinajstić information content (AvgIpc) is 2.17. The molecule has 0 bridgehead atoms. The summed E-state index contributed by atoms with van der Waals surface area (Å²) in [6.45, 7) is 3.97. The van der Waals surface area contributed by atoms with Crippen LogP contribution in [0, 0.1) is 5.92 Å². The van der Waals surface area contributed by atoms with Crippen molar-refractivity contribution in [2.45, 2.75) is 26.3 Å². The van der Waals surface area contributed by atoms with Crippen molar-refractivity contribution in [2.24, 2.45) is 5.92 Å². The zero-order valence-corrected chi connectivity index (χ0v) is 8.84. The molecule has 0 aliphatic heterocycles. The Balaban J connectivity index is 2.63. The van der Waals surface area contributed by atoms with Crippen LogP contribution >= 0.6 is 0 Å². The molecule has 0 unspecified atom stereocenters. The molecule has 0 aliphatic rings. The molecule has 1 atom stereocenters. The number of aliphatic carboxylic acids is 1. The maximum absolute atomic E-state index is 10.9. The molecule has 15 heavy (non-hydrogen) atoms. The number of hydrogen-bond donors (Lipinski definition) is 2. The van der Waals surface area contributed by atoms with Crippen LogP contribution in [-0.2, 0) is 4.79 Å². The van der Waals surface area contributed by atoms with Gasteiger partial charge in [0.05, 0.1) is 0 Å². The molecular formula is C10H15N3O2. The minimum atomic E-state index is -0.859. The molecule has 5 nitrogen and oxygen atoms in total. The third-order valence-corrected chi connectivity index (χ3v) is 1.91. The Kier molecular flexibility index (Phi) is 4.03. The fourth-order valence-electron chi connectivity index (χ4n) is 1.25. The highest BCUT2D eigenvalue weighted by Crippen LogP contribution is 2.10. The van der Waals surface area contributed by atoms with Gasteiger partial charge in [0, 0.05) is 6.20 Å². The molecule has 0 aromatic carbocycles. The third-order valence-electron chi connectivity index (χ3n) is 1.91. The van der Waals surface area contributed by atoms with E-state index in [0.29, 0.717) is 18.2 Å². The number of carboxylic acid groups (broad SMARTS) is 1. The van der Waals surface area contributed by atoms with Gasteiger partial charge in [0.15, 0.2) is 0 Å². The fourth-order valence-corrected chi connectivity index (χ4v) is 1.25. The molecule has 0 spiro atoms. The van der Waals surface area contributed by atoms with E-state index < -0.39 is 12.0 Å². The van der Waals surface area contributed by atoms with Crippen LogP contribution in [0.4, 0.5) is 5.82 Å². The van der Waals surface area contributed by atoms with E-state index in [1.807, 2.05) is 13.8 Å². The summed E-state index contributed by atoms with van der Waals surface area (Å²) in [6, 6.07) is 1.05. The van der Waals surface area contributed by atoms with E-state index in [0.717, 1.165) is 0 Å². The summed E-state index contributed by atoms with van der Waals surface area (Å²) in [5.41, 5.74) is 0. The summed E-state index contributed by atoms with van der Waals surface area (Å²) in [6.07, 6.45) is 3.53. The molecule has 0 radical (unpaired) electrons. The average molecular weight is 209 g/mol.